The SMILES string of the molecule is N=[N+]=NCCCCC(NC(=O)c1ccc(C=O)cc1)C(=O)O. The van der Waals surface area contributed by atoms with Crippen LogP contribution in [0.1, 0.15) is 40.0 Å². The van der Waals surface area contributed by atoms with E-state index in [-0.39, 0.29) is 6.42 Å². The lowest BCUT2D eigenvalue weighted by Crippen LogP contribution is -2.40. The van der Waals surface area contributed by atoms with Gasteiger partial charge in [0.05, 0.1) is 0 Å². The van der Waals surface area contributed by atoms with Crippen molar-refractivity contribution in [2.75, 3.05) is 6.54 Å². The molecule has 1 atom stereocenters. The van der Waals surface area contributed by atoms with Crippen LogP contribution < -0.4 is 10.2 Å². The first kappa shape index (κ1) is 17.2. The number of rotatable bonds is 9. The van der Waals surface area contributed by atoms with Crippen LogP contribution in [0.2, 0.25) is 0 Å². The molecule has 1 rings (SSSR count). The zero-order valence-corrected chi connectivity index (χ0v) is 11.9. The molecule has 0 bridgehead atoms. The predicted molar refractivity (Wildman–Crippen MR) is 76.7 cm³/mol. The molecule has 116 valence electrons. The van der Waals surface area contributed by atoms with Crippen molar-refractivity contribution in [3.8, 4) is 0 Å². The number of hydrogen-bond donors (Lipinski definition) is 3. The van der Waals surface area contributed by atoms with Crippen LogP contribution in [0.25, 0.3) is 0 Å². The van der Waals surface area contributed by atoms with Crippen molar-refractivity contribution < 1.29 is 19.5 Å². The number of nitrogens with one attached hydrogen (secondary N) is 2. The Morgan fingerprint density at radius 3 is 2.55 bits per heavy atom. The molecule has 0 radical (unpaired) electrons. The molecule has 0 saturated heterocycles. The Labute approximate surface area is 126 Å². The zero-order valence-electron chi connectivity index (χ0n) is 11.9. The minimum Gasteiger partial charge on any atom is -0.480 e. The molecule has 0 aliphatic carbocycles. The summed E-state index contributed by atoms with van der Waals surface area (Å²) in [6.07, 6.45) is 2.06. The number of nitrogens with zero attached hydrogens (tertiary/aromatic N) is 2. The summed E-state index contributed by atoms with van der Waals surface area (Å²) in [6.45, 7) is 0.358. The van der Waals surface area contributed by atoms with E-state index < -0.39 is 17.9 Å². The minimum atomic E-state index is -1.11. The quantitative estimate of drug-likeness (QED) is 0.275. The van der Waals surface area contributed by atoms with Crippen molar-refractivity contribution in [2.45, 2.75) is 25.3 Å². The van der Waals surface area contributed by atoms with Crippen LogP contribution in [0.15, 0.2) is 29.4 Å². The Bertz CT molecular complexity index is 579. The summed E-state index contributed by atoms with van der Waals surface area (Å²) in [5, 5.41) is 15.0. The van der Waals surface area contributed by atoms with Gasteiger partial charge in [-0.15, -0.1) is 0 Å². The summed E-state index contributed by atoms with van der Waals surface area (Å²) in [7, 11) is 0. The van der Waals surface area contributed by atoms with Gasteiger partial charge in [0.2, 0.25) is 4.91 Å². The maximum atomic E-state index is 12.0. The first-order valence-corrected chi connectivity index (χ1v) is 6.70. The van der Waals surface area contributed by atoms with Gasteiger partial charge in [-0.25, -0.2) is 4.79 Å². The van der Waals surface area contributed by atoms with Gasteiger partial charge in [-0.2, -0.15) is 0 Å². The summed E-state index contributed by atoms with van der Waals surface area (Å²) in [6, 6.07) is 4.91. The van der Waals surface area contributed by atoms with Gasteiger partial charge in [0.25, 0.3) is 5.91 Å². The summed E-state index contributed by atoms with van der Waals surface area (Å²) in [4.78, 5) is 36.5. The lowest BCUT2D eigenvalue weighted by atomic mass is 10.1. The van der Waals surface area contributed by atoms with Gasteiger partial charge in [0.1, 0.15) is 29.5 Å². The highest BCUT2D eigenvalue weighted by molar-refractivity contribution is 5.97. The smallest absolute Gasteiger partial charge is 0.326 e. The van der Waals surface area contributed by atoms with E-state index in [0.717, 1.165) is 0 Å². The second-order valence-electron chi connectivity index (χ2n) is 4.56. The molecule has 22 heavy (non-hydrogen) atoms. The molecule has 3 N–H and O–H groups in total. The first-order chi connectivity index (χ1) is 10.6. The third kappa shape index (κ3) is 5.64. The normalized spacial score (nSPS) is 11.1. The number of hydrogen-bond acceptors (Lipinski definition) is 5. The number of carbonyl (C=O) groups is 3. The molecule has 0 fully saturated rings. The summed E-state index contributed by atoms with van der Waals surface area (Å²) >= 11 is 0. The number of carbonyl (C=O) groups excluding carboxylic acids is 2. The van der Waals surface area contributed by atoms with E-state index in [1.54, 1.807) is 0 Å². The van der Waals surface area contributed by atoms with Gasteiger partial charge >= 0.3 is 5.97 Å². The maximum Gasteiger partial charge on any atom is 0.326 e. The second-order valence-corrected chi connectivity index (χ2v) is 4.56. The van der Waals surface area contributed by atoms with Gasteiger partial charge in [-0.1, -0.05) is 12.1 Å². The average molecular weight is 305 g/mol. The number of amides is 1. The zero-order chi connectivity index (χ0) is 16.4. The van der Waals surface area contributed by atoms with E-state index in [9.17, 15) is 14.4 Å². The van der Waals surface area contributed by atoms with Gasteiger partial charge in [-0.3, -0.25) is 9.59 Å². The molecule has 1 unspecified atom stereocenters. The second kappa shape index (κ2) is 9.15. The van der Waals surface area contributed by atoms with Crippen LogP contribution in [0.4, 0.5) is 0 Å². The largest absolute Gasteiger partial charge is 0.480 e. The maximum absolute atomic E-state index is 12.0. The molecule has 0 heterocycles. The van der Waals surface area contributed by atoms with E-state index >= 15 is 0 Å². The topological polar surface area (TPSA) is 134 Å². The van der Waals surface area contributed by atoms with Gasteiger partial charge < -0.3 is 10.4 Å². The van der Waals surface area contributed by atoms with Gasteiger partial charge in [-0.05, 0) is 31.4 Å². The Morgan fingerprint density at radius 2 is 2.00 bits per heavy atom. The Hall–Kier alpha value is -2.86. The van der Waals surface area contributed by atoms with E-state index in [1.807, 2.05) is 0 Å². The Kier molecular flexibility index (Phi) is 7.15. The average Bonchev–Trinajstić information content (AvgIpc) is 2.53. The molecular weight excluding hydrogens is 288 g/mol. The Balaban J connectivity index is 2.57. The number of aldehydes is 1. The Morgan fingerprint density at radius 1 is 1.32 bits per heavy atom. The summed E-state index contributed by atoms with van der Waals surface area (Å²) in [5.41, 5.74) is 7.22. The molecule has 8 nitrogen and oxygen atoms in total. The van der Waals surface area contributed by atoms with Crippen molar-refractivity contribution in [1.29, 1.82) is 5.53 Å². The van der Waals surface area contributed by atoms with Crippen molar-refractivity contribution >= 4 is 18.2 Å². The number of carboxylic acids is 1. The number of aliphatic carboxylic acids is 1. The monoisotopic (exact) mass is 305 g/mol. The van der Waals surface area contributed by atoms with E-state index in [1.165, 1.54) is 24.3 Å². The predicted octanol–water partition coefficient (Wildman–Crippen LogP) is 1.40. The lowest BCUT2D eigenvalue weighted by molar-refractivity contribution is -0.139. The fourth-order valence-electron chi connectivity index (χ4n) is 1.79. The molecule has 1 amide bonds. The first-order valence-electron chi connectivity index (χ1n) is 6.70. The molecule has 1 aromatic carbocycles. The van der Waals surface area contributed by atoms with Gasteiger partial charge in [0.15, 0.2) is 0 Å². The van der Waals surface area contributed by atoms with Crippen LogP contribution >= 0.6 is 0 Å². The summed E-state index contributed by atoms with van der Waals surface area (Å²) < 4.78 is 0. The third-order valence-corrected chi connectivity index (χ3v) is 2.98. The van der Waals surface area contributed by atoms with Crippen LogP contribution in [-0.2, 0) is 4.79 Å². The van der Waals surface area contributed by atoms with Crippen molar-refractivity contribution in [3.63, 3.8) is 0 Å². The molecule has 8 heteroatoms. The molecule has 0 saturated carbocycles. The molecule has 0 spiro atoms. The number of unbranched alkanes of at least 4 members (excludes halogenated alkanes) is 1. The standard InChI is InChI=1S/C14H16N4O4/c15-18-16-8-2-1-3-12(14(21)22)17-13(20)11-6-4-10(9-19)5-7-11/h4-7,9,12,15H,1-3,8H2,(H-,17,20,21,22)/p+1. The van der Waals surface area contributed by atoms with Gasteiger partial charge in [0, 0.05) is 11.1 Å². The van der Waals surface area contributed by atoms with Crippen molar-refractivity contribution in [3.05, 3.63) is 35.4 Å². The molecule has 1 aromatic rings. The highest BCUT2D eigenvalue weighted by Crippen LogP contribution is 2.06. The highest BCUT2D eigenvalue weighted by Gasteiger charge is 2.20. The molecule has 0 aliphatic rings. The van der Waals surface area contributed by atoms with Crippen LogP contribution in [0.3, 0.4) is 0 Å². The minimum absolute atomic E-state index is 0.265. The number of benzene rings is 1. The molecule has 0 aromatic heterocycles. The van der Waals surface area contributed by atoms with E-state index in [4.69, 9.17) is 10.6 Å². The molecular formula is C14H17N4O4+. The number of carboxylic acid groups (broad SMARTS) is 1. The highest BCUT2D eigenvalue weighted by atomic mass is 16.4. The van der Waals surface area contributed by atoms with Crippen LogP contribution in [0, 0.1) is 5.53 Å². The van der Waals surface area contributed by atoms with E-state index in [2.05, 4.69) is 15.3 Å². The van der Waals surface area contributed by atoms with Crippen LogP contribution in [-0.4, -0.2) is 35.9 Å². The fourth-order valence-corrected chi connectivity index (χ4v) is 1.79. The van der Waals surface area contributed by atoms with E-state index in [0.29, 0.717) is 36.8 Å². The fraction of sp³-hybridized carbons (Fsp3) is 0.357. The van der Waals surface area contributed by atoms with Crippen molar-refractivity contribution in [2.24, 2.45) is 5.11 Å². The third-order valence-electron chi connectivity index (χ3n) is 2.98. The molecule has 0 aliphatic heterocycles. The van der Waals surface area contributed by atoms with Crippen LogP contribution in [0.5, 0.6) is 0 Å². The summed E-state index contributed by atoms with van der Waals surface area (Å²) in [5.74, 6) is -1.62. The lowest BCUT2D eigenvalue weighted by Gasteiger charge is -2.14. The van der Waals surface area contributed by atoms with Crippen molar-refractivity contribution in [1.82, 2.24) is 10.2 Å².